The van der Waals surface area contributed by atoms with Crippen LogP contribution in [0.15, 0.2) is 18.2 Å². The first-order chi connectivity index (χ1) is 6.45. The minimum atomic E-state index is -4.31. The first-order valence-electron chi connectivity index (χ1n) is 3.99. The lowest BCUT2D eigenvalue weighted by Crippen LogP contribution is -2.05. The Morgan fingerprint density at radius 2 is 2.00 bits per heavy atom. The van der Waals surface area contributed by atoms with Crippen LogP contribution in [0.4, 0.5) is 13.2 Å². The molecule has 1 nitrogen and oxygen atoms in total. The van der Waals surface area contributed by atoms with E-state index in [4.69, 9.17) is 5.26 Å². The van der Waals surface area contributed by atoms with Crippen LogP contribution in [0.1, 0.15) is 16.7 Å². The molecule has 0 atom stereocenters. The Bertz CT molecular complexity index is 374. The van der Waals surface area contributed by atoms with E-state index in [1.807, 2.05) is 6.07 Å². The van der Waals surface area contributed by atoms with Crippen molar-refractivity contribution < 1.29 is 13.2 Å². The average molecular weight is 199 g/mol. The summed E-state index contributed by atoms with van der Waals surface area (Å²) in [5, 5.41) is 8.40. The van der Waals surface area contributed by atoms with Gasteiger partial charge >= 0.3 is 6.18 Å². The second-order valence-corrected chi connectivity index (χ2v) is 2.97. The normalized spacial score (nSPS) is 11.1. The Hall–Kier alpha value is -1.50. The fourth-order valence-electron chi connectivity index (χ4n) is 1.16. The lowest BCUT2D eigenvalue weighted by Gasteiger charge is -2.09. The van der Waals surface area contributed by atoms with E-state index < -0.39 is 11.7 Å². The van der Waals surface area contributed by atoms with Gasteiger partial charge in [0.2, 0.25) is 0 Å². The quantitative estimate of drug-likeness (QED) is 0.681. The summed E-state index contributed by atoms with van der Waals surface area (Å²) in [5.74, 6) is 0. The monoisotopic (exact) mass is 199 g/mol. The summed E-state index contributed by atoms with van der Waals surface area (Å²) in [6.45, 7) is 1.57. The van der Waals surface area contributed by atoms with Crippen LogP contribution in [-0.2, 0) is 12.6 Å². The predicted molar refractivity (Wildman–Crippen MR) is 45.5 cm³/mol. The van der Waals surface area contributed by atoms with Gasteiger partial charge in [-0.15, -0.1) is 0 Å². The summed E-state index contributed by atoms with van der Waals surface area (Å²) in [5.41, 5.74) is 0.471. The fraction of sp³-hybridized carbons (Fsp3) is 0.300. The van der Waals surface area contributed by atoms with Crippen LogP contribution in [-0.4, -0.2) is 0 Å². The van der Waals surface area contributed by atoms with Crippen molar-refractivity contribution >= 4 is 0 Å². The molecule has 0 saturated carbocycles. The summed E-state index contributed by atoms with van der Waals surface area (Å²) < 4.78 is 36.7. The van der Waals surface area contributed by atoms with Gasteiger partial charge in [0.05, 0.1) is 18.1 Å². The van der Waals surface area contributed by atoms with Crippen molar-refractivity contribution in [3.05, 3.63) is 34.9 Å². The van der Waals surface area contributed by atoms with E-state index in [0.717, 1.165) is 12.1 Å². The second kappa shape index (κ2) is 3.70. The van der Waals surface area contributed by atoms with E-state index >= 15 is 0 Å². The highest BCUT2D eigenvalue weighted by Gasteiger charge is 2.30. The molecule has 74 valence electrons. The highest BCUT2D eigenvalue weighted by molar-refractivity contribution is 5.33. The van der Waals surface area contributed by atoms with Gasteiger partial charge < -0.3 is 0 Å². The maximum absolute atomic E-state index is 12.2. The standard InChI is InChI=1S/C10H8F3N/c1-7-6-9(10(11,12)13)3-2-8(7)4-5-14/h2-3,6H,4H2,1H3. The van der Waals surface area contributed by atoms with Crippen molar-refractivity contribution in [2.45, 2.75) is 19.5 Å². The topological polar surface area (TPSA) is 23.8 Å². The fourth-order valence-corrected chi connectivity index (χ4v) is 1.16. The molecular formula is C10H8F3N. The molecule has 1 aromatic rings. The number of hydrogen-bond acceptors (Lipinski definition) is 1. The average Bonchev–Trinajstić information content (AvgIpc) is 2.07. The van der Waals surface area contributed by atoms with Gasteiger partial charge in [-0.3, -0.25) is 0 Å². The molecule has 0 unspecified atom stereocenters. The number of benzene rings is 1. The highest BCUT2D eigenvalue weighted by atomic mass is 19.4. The number of aryl methyl sites for hydroxylation is 1. The summed E-state index contributed by atoms with van der Waals surface area (Å²) in [6, 6.07) is 5.31. The van der Waals surface area contributed by atoms with Gasteiger partial charge in [-0.2, -0.15) is 18.4 Å². The molecular weight excluding hydrogens is 191 g/mol. The van der Waals surface area contributed by atoms with E-state index in [9.17, 15) is 13.2 Å². The Morgan fingerprint density at radius 1 is 1.36 bits per heavy atom. The largest absolute Gasteiger partial charge is 0.416 e. The Labute approximate surface area is 79.8 Å². The summed E-state index contributed by atoms with van der Waals surface area (Å²) in [4.78, 5) is 0. The number of hydrogen-bond donors (Lipinski definition) is 0. The molecule has 4 heteroatoms. The predicted octanol–water partition coefficient (Wildman–Crippen LogP) is 3.08. The molecule has 0 bridgehead atoms. The minimum Gasteiger partial charge on any atom is -0.198 e. The SMILES string of the molecule is Cc1cc(C(F)(F)F)ccc1CC#N. The lowest BCUT2D eigenvalue weighted by atomic mass is 10.0. The van der Waals surface area contributed by atoms with E-state index in [1.165, 1.54) is 6.07 Å². The van der Waals surface area contributed by atoms with Crippen LogP contribution in [0.3, 0.4) is 0 Å². The molecule has 0 radical (unpaired) electrons. The third-order valence-corrected chi connectivity index (χ3v) is 1.94. The zero-order chi connectivity index (χ0) is 10.8. The van der Waals surface area contributed by atoms with Crippen LogP contribution in [0, 0.1) is 18.3 Å². The van der Waals surface area contributed by atoms with Crippen LogP contribution < -0.4 is 0 Å². The first-order valence-corrected chi connectivity index (χ1v) is 3.99. The Kier molecular flexibility index (Phi) is 2.80. The van der Waals surface area contributed by atoms with Crippen molar-refractivity contribution in [1.82, 2.24) is 0 Å². The van der Waals surface area contributed by atoms with Crippen LogP contribution in [0.5, 0.6) is 0 Å². The van der Waals surface area contributed by atoms with E-state index in [2.05, 4.69) is 0 Å². The summed E-state index contributed by atoms with van der Waals surface area (Å²) in [6.07, 6.45) is -4.17. The van der Waals surface area contributed by atoms with Gasteiger partial charge in [-0.25, -0.2) is 0 Å². The molecule has 0 spiro atoms. The number of alkyl halides is 3. The second-order valence-electron chi connectivity index (χ2n) is 2.97. The summed E-state index contributed by atoms with van der Waals surface area (Å²) in [7, 11) is 0. The Morgan fingerprint density at radius 3 is 2.43 bits per heavy atom. The molecule has 0 aliphatic rings. The molecule has 0 aromatic heterocycles. The molecule has 0 aliphatic heterocycles. The van der Waals surface area contributed by atoms with Crippen molar-refractivity contribution in [3.63, 3.8) is 0 Å². The van der Waals surface area contributed by atoms with Crippen LogP contribution >= 0.6 is 0 Å². The number of nitrogens with zero attached hydrogens (tertiary/aromatic N) is 1. The maximum Gasteiger partial charge on any atom is 0.416 e. The zero-order valence-corrected chi connectivity index (χ0v) is 7.52. The van der Waals surface area contributed by atoms with E-state index in [1.54, 1.807) is 6.92 Å². The van der Waals surface area contributed by atoms with Gasteiger partial charge in [-0.05, 0) is 30.2 Å². The lowest BCUT2D eigenvalue weighted by molar-refractivity contribution is -0.137. The van der Waals surface area contributed by atoms with Gasteiger partial charge in [-0.1, -0.05) is 6.07 Å². The van der Waals surface area contributed by atoms with Gasteiger partial charge in [0.15, 0.2) is 0 Å². The van der Waals surface area contributed by atoms with E-state index in [0.29, 0.717) is 11.1 Å². The molecule has 1 aromatic carbocycles. The van der Waals surface area contributed by atoms with Gasteiger partial charge in [0, 0.05) is 0 Å². The van der Waals surface area contributed by atoms with Gasteiger partial charge in [0.1, 0.15) is 0 Å². The van der Waals surface area contributed by atoms with Gasteiger partial charge in [0.25, 0.3) is 0 Å². The first kappa shape index (κ1) is 10.6. The molecule has 1 rings (SSSR count). The highest BCUT2D eigenvalue weighted by Crippen LogP contribution is 2.30. The number of rotatable bonds is 1. The number of nitriles is 1. The number of halogens is 3. The molecule has 14 heavy (non-hydrogen) atoms. The smallest absolute Gasteiger partial charge is 0.198 e. The van der Waals surface area contributed by atoms with Crippen molar-refractivity contribution in [2.75, 3.05) is 0 Å². The van der Waals surface area contributed by atoms with Crippen LogP contribution in [0.2, 0.25) is 0 Å². The third-order valence-electron chi connectivity index (χ3n) is 1.94. The Balaban J connectivity index is 3.08. The van der Waals surface area contributed by atoms with Crippen LogP contribution in [0.25, 0.3) is 0 Å². The minimum absolute atomic E-state index is 0.143. The summed E-state index contributed by atoms with van der Waals surface area (Å²) >= 11 is 0. The molecule has 0 saturated heterocycles. The zero-order valence-electron chi connectivity index (χ0n) is 7.52. The molecule has 0 heterocycles. The van der Waals surface area contributed by atoms with E-state index in [-0.39, 0.29) is 6.42 Å². The van der Waals surface area contributed by atoms with Crippen molar-refractivity contribution in [1.29, 1.82) is 5.26 Å². The van der Waals surface area contributed by atoms with Crippen molar-refractivity contribution in [2.24, 2.45) is 0 Å². The molecule has 0 aliphatic carbocycles. The maximum atomic E-state index is 12.2. The van der Waals surface area contributed by atoms with Crippen molar-refractivity contribution in [3.8, 4) is 6.07 Å². The molecule has 0 N–H and O–H groups in total. The molecule has 0 amide bonds. The molecule has 0 fully saturated rings. The third kappa shape index (κ3) is 2.25.